The van der Waals surface area contributed by atoms with E-state index in [9.17, 15) is 0 Å². The van der Waals surface area contributed by atoms with E-state index in [2.05, 4.69) is 60.2 Å². The van der Waals surface area contributed by atoms with Crippen molar-refractivity contribution in [1.29, 1.82) is 0 Å². The van der Waals surface area contributed by atoms with Crippen LogP contribution in [0.3, 0.4) is 0 Å². The van der Waals surface area contributed by atoms with Crippen molar-refractivity contribution in [3.05, 3.63) is 46.7 Å². The Morgan fingerprint density at radius 1 is 1.21 bits per heavy atom. The van der Waals surface area contributed by atoms with Crippen LogP contribution in [-0.4, -0.2) is 18.1 Å². The van der Waals surface area contributed by atoms with Crippen LogP contribution in [0.5, 0.6) is 0 Å². The first-order valence-electron chi connectivity index (χ1n) is 8.91. The first-order valence-corrected chi connectivity index (χ1v) is 8.91. The molecule has 1 aliphatic rings. The lowest BCUT2D eigenvalue weighted by molar-refractivity contribution is 0.756. The van der Waals surface area contributed by atoms with E-state index < -0.39 is 0 Å². The van der Waals surface area contributed by atoms with Crippen LogP contribution < -0.4 is 0 Å². The summed E-state index contributed by atoms with van der Waals surface area (Å²) in [5, 5.41) is 8.17. The molecule has 1 aromatic rings. The Morgan fingerprint density at radius 3 is 2.50 bits per heavy atom. The maximum atomic E-state index is 4.47. The fraction of sp³-hybridized carbons (Fsp3) is 0.476. The Morgan fingerprint density at radius 2 is 1.92 bits per heavy atom. The summed E-state index contributed by atoms with van der Waals surface area (Å²) >= 11 is 0. The summed E-state index contributed by atoms with van der Waals surface area (Å²) in [6.45, 7) is 8.48. The minimum Gasteiger partial charge on any atom is -0.266 e. The number of benzene rings is 1. The molecule has 2 rings (SSSR count). The van der Waals surface area contributed by atoms with Crippen LogP contribution in [-0.2, 0) is 12.8 Å². The third-order valence-corrected chi connectivity index (χ3v) is 4.44. The molecule has 0 N–H and O–H groups in total. The molecular weight excluding hydrogens is 294 g/mol. The van der Waals surface area contributed by atoms with Crippen LogP contribution in [0.15, 0.2) is 50.7 Å². The molecule has 1 aliphatic heterocycles. The van der Waals surface area contributed by atoms with Crippen molar-refractivity contribution in [1.82, 2.24) is 0 Å². The number of aryl methyl sites for hydroxylation is 1. The molecule has 3 heteroatoms. The summed E-state index contributed by atoms with van der Waals surface area (Å²) in [6.07, 6.45) is 9.01. The minimum atomic E-state index is 0.463. The highest BCUT2D eigenvalue weighted by Crippen LogP contribution is 2.17. The van der Waals surface area contributed by atoms with Gasteiger partial charge in [0.2, 0.25) is 0 Å². The second kappa shape index (κ2) is 9.31. The van der Waals surface area contributed by atoms with E-state index in [0.29, 0.717) is 5.92 Å². The van der Waals surface area contributed by atoms with Gasteiger partial charge in [-0.1, -0.05) is 36.8 Å². The number of allylic oxidation sites excluding steroid dienone is 2. The van der Waals surface area contributed by atoms with Gasteiger partial charge < -0.3 is 0 Å². The molecule has 1 heterocycles. The average molecular weight is 323 g/mol. The smallest absolute Gasteiger partial charge is 0.0491 e. The second-order valence-electron chi connectivity index (χ2n) is 6.70. The quantitative estimate of drug-likeness (QED) is 0.574. The Kier molecular flexibility index (Phi) is 7.10. The third-order valence-electron chi connectivity index (χ3n) is 4.44. The summed E-state index contributed by atoms with van der Waals surface area (Å²) in [5.74, 6) is 0.463. The highest BCUT2D eigenvalue weighted by molar-refractivity contribution is 5.99. The molecule has 0 amide bonds. The molecule has 0 aromatic heterocycles. The lowest BCUT2D eigenvalue weighted by atomic mass is 9.94. The van der Waals surface area contributed by atoms with Gasteiger partial charge in [0.25, 0.3) is 0 Å². The summed E-state index contributed by atoms with van der Waals surface area (Å²) in [6, 6.07) is 9.04. The molecule has 0 saturated heterocycles. The summed E-state index contributed by atoms with van der Waals surface area (Å²) in [4.78, 5) is 4.47. The van der Waals surface area contributed by atoms with Crippen molar-refractivity contribution >= 4 is 18.1 Å². The van der Waals surface area contributed by atoms with E-state index >= 15 is 0 Å². The second-order valence-corrected chi connectivity index (χ2v) is 6.70. The molecule has 0 radical (unpaired) electrons. The maximum Gasteiger partial charge on any atom is 0.0491 e. The van der Waals surface area contributed by atoms with Crippen molar-refractivity contribution in [3.8, 4) is 0 Å². The fourth-order valence-corrected chi connectivity index (χ4v) is 2.96. The molecule has 1 unspecified atom stereocenters. The summed E-state index contributed by atoms with van der Waals surface area (Å²) < 4.78 is 0. The molecule has 128 valence electrons. The van der Waals surface area contributed by atoms with Gasteiger partial charge in [0.15, 0.2) is 0 Å². The van der Waals surface area contributed by atoms with Gasteiger partial charge in [-0.2, -0.15) is 10.2 Å². The van der Waals surface area contributed by atoms with E-state index in [0.717, 1.165) is 32.1 Å². The first-order chi connectivity index (χ1) is 11.6. The van der Waals surface area contributed by atoms with Crippen molar-refractivity contribution in [3.63, 3.8) is 0 Å². The van der Waals surface area contributed by atoms with E-state index in [1.54, 1.807) is 0 Å². The van der Waals surface area contributed by atoms with Gasteiger partial charge in [0.05, 0.1) is 0 Å². The van der Waals surface area contributed by atoms with Crippen molar-refractivity contribution in [2.24, 2.45) is 21.1 Å². The molecule has 1 atom stereocenters. The zero-order chi connectivity index (χ0) is 17.4. The molecule has 3 nitrogen and oxygen atoms in total. The lowest BCUT2D eigenvalue weighted by Crippen LogP contribution is -2.12. The van der Waals surface area contributed by atoms with E-state index in [1.807, 2.05) is 19.4 Å². The van der Waals surface area contributed by atoms with Gasteiger partial charge >= 0.3 is 0 Å². The fourth-order valence-electron chi connectivity index (χ4n) is 2.96. The molecule has 0 spiro atoms. The van der Waals surface area contributed by atoms with Crippen LogP contribution in [0.1, 0.15) is 58.1 Å². The third kappa shape index (κ3) is 5.55. The topological polar surface area (TPSA) is 37.1 Å². The molecule has 0 fully saturated rings. The average Bonchev–Trinajstić information content (AvgIpc) is 3.10. The van der Waals surface area contributed by atoms with Crippen LogP contribution in [0.2, 0.25) is 0 Å². The largest absolute Gasteiger partial charge is 0.266 e. The van der Waals surface area contributed by atoms with E-state index in [-0.39, 0.29) is 0 Å². The van der Waals surface area contributed by atoms with Crippen LogP contribution in [0.25, 0.3) is 0 Å². The first kappa shape index (κ1) is 18.3. The van der Waals surface area contributed by atoms with Gasteiger partial charge in [0.1, 0.15) is 0 Å². The number of rotatable bonds is 8. The molecular formula is C21H29N3. The number of hydrogen-bond donors (Lipinski definition) is 0. The predicted octanol–water partition coefficient (Wildman–Crippen LogP) is 5.40. The van der Waals surface area contributed by atoms with Crippen LogP contribution in [0, 0.1) is 5.92 Å². The Balaban J connectivity index is 1.82. The van der Waals surface area contributed by atoms with Crippen molar-refractivity contribution < 1.29 is 0 Å². The molecule has 0 bridgehead atoms. The molecule has 0 aliphatic carbocycles. The number of aliphatic imine (C=N–C) groups is 1. The Bertz CT molecular complexity index is 644. The summed E-state index contributed by atoms with van der Waals surface area (Å²) in [7, 11) is 0. The van der Waals surface area contributed by atoms with Gasteiger partial charge in [-0.3, -0.25) is 4.99 Å². The molecule has 0 saturated carbocycles. The zero-order valence-electron chi connectivity index (χ0n) is 15.4. The van der Waals surface area contributed by atoms with Gasteiger partial charge in [-0.25, -0.2) is 0 Å². The predicted molar refractivity (Wildman–Crippen MR) is 105 cm³/mol. The van der Waals surface area contributed by atoms with Crippen LogP contribution >= 0.6 is 0 Å². The molecule has 24 heavy (non-hydrogen) atoms. The highest BCUT2D eigenvalue weighted by Gasteiger charge is 2.13. The van der Waals surface area contributed by atoms with Crippen molar-refractivity contribution in [2.75, 3.05) is 0 Å². The van der Waals surface area contributed by atoms with Gasteiger partial charge in [0, 0.05) is 36.2 Å². The van der Waals surface area contributed by atoms with E-state index in [4.69, 9.17) is 0 Å². The van der Waals surface area contributed by atoms with Gasteiger partial charge in [-0.15, -0.1) is 0 Å². The Labute approximate surface area is 146 Å². The number of hydrogen-bond acceptors (Lipinski definition) is 3. The summed E-state index contributed by atoms with van der Waals surface area (Å²) in [5.41, 5.74) is 6.52. The minimum absolute atomic E-state index is 0.463. The number of nitrogens with zero attached hydrogens (tertiary/aromatic N) is 3. The zero-order valence-corrected chi connectivity index (χ0v) is 15.4. The standard InChI is InChI=1S/C21H29N3/c1-5-22-20(16(2)3)8-6-7-18-9-11-19(12-10-18)15-17(4)21-13-14-23-24-21/h5,9-12,14,17H,6-8,13,15H2,1-4H3. The maximum absolute atomic E-state index is 4.47. The SMILES string of the molecule is CC=NC(CCCc1ccc(CC(C)C2=NN=CC2)cc1)=C(C)C. The molecule has 1 aromatic carbocycles. The Hall–Kier alpha value is -2.03. The normalized spacial score (nSPS) is 14.9. The van der Waals surface area contributed by atoms with E-state index in [1.165, 1.54) is 28.1 Å². The lowest BCUT2D eigenvalue weighted by Gasteiger charge is -2.11. The van der Waals surface area contributed by atoms with Crippen LogP contribution in [0.4, 0.5) is 0 Å². The van der Waals surface area contributed by atoms with Gasteiger partial charge in [-0.05, 0) is 57.6 Å². The van der Waals surface area contributed by atoms with Crippen molar-refractivity contribution in [2.45, 2.75) is 59.8 Å². The highest BCUT2D eigenvalue weighted by atomic mass is 15.2. The monoisotopic (exact) mass is 323 g/mol.